The molecular formula is C12H12N4O4. The van der Waals surface area contributed by atoms with Crippen molar-refractivity contribution < 1.29 is 19.8 Å². The van der Waals surface area contributed by atoms with Gasteiger partial charge in [0.15, 0.2) is 0 Å². The lowest BCUT2D eigenvalue weighted by molar-refractivity contribution is 0.0694. The Bertz CT molecular complexity index is 624. The van der Waals surface area contributed by atoms with Gasteiger partial charge in [0, 0.05) is 24.1 Å². The van der Waals surface area contributed by atoms with Crippen LogP contribution in [0.5, 0.6) is 5.75 Å². The van der Waals surface area contributed by atoms with Gasteiger partial charge in [-0.1, -0.05) is 0 Å². The number of anilines is 1. The van der Waals surface area contributed by atoms with E-state index in [2.05, 4.69) is 20.6 Å². The van der Waals surface area contributed by atoms with Crippen LogP contribution >= 0.6 is 0 Å². The van der Waals surface area contributed by atoms with Crippen LogP contribution in [0.25, 0.3) is 0 Å². The molecule has 1 aromatic carbocycles. The number of phenols is 1. The second-order valence-corrected chi connectivity index (χ2v) is 3.88. The van der Waals surface area contributed by atoms with Gasteiger partial charge in [-0.3, -0.25) is 0 Å². The Morgan fingerprint density at radius 1 is 1.35 bits per heavy atom. The number of carbonyl (C=O) groups excluding carboxylic acids is 1. The summed E-state index contributed by atoms with van der Waals surface area (Å²) in [5, 5.41) is 23.3. The monoisotopic (exact) mass is 276 g/mol. The minimum atomic E-state index is -1.24. The highest BCUT2D eigenvalue weighted by atomic mass is 16.4. The fraction of sp³-hybridized carbons (Fsp3) is 0.0833. The van der Waals surface area contributed by atoms with E-state index in [0.717, 1.165) is 6.07 Å². The molecule has 104 valence electrons. The average molecular weight is 276 g/mol. The lowest BCUT2D eigenvalue weighted by atomic mass is 10.2. The maximum Gasteiger partial charge on any atom is 0.339 e. The Labute approximate surface area is 113 Å². The Morgan fingerprint density at radius 2 is 2.15 bits per heavy atom. The van der Waals surface area contributed by atoms with Crippen molar-refractivity contribution in [2.75, 3.05) is 5.32 Å². The van der Waals surface area contributed by atoms with E-state index in [9.17, 15) is 14.7 Å². The van der Waals surface area contributed by atoms with Crippen LogP contribution in [0.15, 0.2) is 30.6 Å². The number of nitrogens with zero attached hydrogens (tertiary/aromatic N) is 1. The first-order chi connectivity index (χ1) is 9.56. The Hall–Kier alpha value is -3.03. The number of carboxylic acids is 1. The van der Waals surface area contributed by atoms with E-state index in [4.69, 9.17) is 5.11 Å². The molecule has 1 heterocycles. The van der Waals surface area contributed by atoms with Crippen LogP contribution in [0.1, 0.15) is 16.2 Å². The van der Waals surface area contributed by atoms with Crippen LogP contribution < -0.4 is 10.6 Å². The van der Waals surface area contributed by atoms with Crippen molar-refractivity contribution in [3.8, 4) is 5.75 Å². The summed E-state index contributed by atoms with van der Waals surface area (Å²) >= 11 is 0. The normalized spacial score (nSPS) is 10.0. The molecule has 0 fully saturated rings. The van der Waals surface area contributed by atoms with Gasteiger partial charge in [-0.25, -0.2) is 14.6 Å². The molecule has 2 rings (SSSR count). The van der Waals surface area contributed by atoms with Gasteiger partial charge >= 0.3 is 12.0 Å². The highest BCUT2D eigenvalue weighted by molar-refractivity contribution is 5.93. The van der Waals surface area contributed by atoms with Crippen LogP contribution in [-0.4, -0.2) is 32.2 Å². The first-order valence-corrected chi connectivity index (χ1v) is 5.65. The number of rotatable bonds is 4. The molecule has 0 aliphatic heterocycles. The van der Waals surface area contributed by atoms with E-state index in [1.807, 2.05) is 0 Å². The number of aromatic carboxylic acids is 1. The van der Waals surface area contributed by atoms with Crippen LogP contribution in [0.4, 0.5) is 10.5 Å². The molecule has 8 heteroatoms. The van der Waals surface area contributed by atoms with Crippen LogP contribution in [0, 0.1) is 0 Å². The Balaban J connectivity index is 1.94. The van der Waals surface area contributed by atoms with Crippen molar-refractivity contribution in [1.29, 1.82) is 0 Å². The van der Waals surface area contributed by atoms with Crippen molar-refractivity contribution in [2.45, 2.75) is 6.54 Å². The summed E-state index contributed by atoms with van der Waals surface area (Å²) in [6, 6.07) is 3.26. The summed E-state index contributed by atoms with van der Waals surface area (Å²) in [5.74, 6) is -1.05. The lowest BCUT2D eigenvalue weighted by Crippen LogP contribution is -2.28. The molecule has 0 saturated carbocycles. The number of carboxylic acid groups (broad SMARTS) is 1. The molecule has 2 aromatic rings. The van der Waals surface area contributed by atoms with Crippen LogP contribution in [-0.2, 0) is 6.54 Å². The molecule has 1 aromatic heterocycles. The smallest absolute Gasteiger partial charge is 0.339 e. The molecule has 0 aliphatic carbocycles. The van der Waals surface area contributed by atoms with Gasteiger partial charge in [-0.05, 0) is 12.1 Å². The third kappa shape index (κ3) is 3.25. The molecule has 5 N–H and O–H groups in total. The summed E-state index contributed by atoms with van der Waals surface area (Å²) in [6.45, 7) is 0.220. The molecular weight excluding hydrogens is 264 g/mol. The number of H-pyrrole nitrogens is 1. The minimum absolute atomic E-state index is 0.220. The summed E-state index contributed by atoms with van der Waals surface area (Å²) in [6.07, 6.45) is 3.20. The van der Waals surface area contributed by atoms with E-state index in [0.29, 0.717) is 5.82 Å². The number of hydrogen-bond donors (Lipinski definition) is 5. The summed E-state index contributed by atoms with van der Waals surface area (Å²) in [5.41, 5.74) is 0.0518. The first kappa shape index (κ1) is 13.4. The number of carbonyl (C=O) groups is 2. The zero-order valence-corrected chi connectivity index (χ0v) is 10.3. The number of aromatic hydroxyl groups is 1. The highest BCUT2D eigenvalue weighted by Gasteiger charge is 2.10. The summed E-state index contributed by atoms with van der Waals surface area (Å²) in [4.78, 5) is 29.1. The van der Waals surface area contributed by atoms with Gasteiger partial charge in [0.1, 0.15) is 17.1 Å². The number of nitrogens with one attached hydrogen (secondary N) is 3. The zero-order chi connectivity index (χ0) is 14.5. The maximum absolute atomic E-state index is 11.6. The quantitative estimate of drug-likeness (QED) is 0.572. The topological polar surface area (TPSA) is 127 Å². The molecule has 0 bridgehead atoms. The number of urea groups is 1. The minimum Gasteiger partial charge on any atom is -0.507 e. The molecule has 2 amide bonds. The fourth-order valence-electron chi connectivity index (χ4n) is 1.52. The van der Waals surface area contributed by atoms with Crippen molar-refractivity contribution in [3.05, 3.63) is 42.0 Å². The van der Waals surface area contributed by atoms with E-state index in [-0.39, 0.29) is 17.8 Å². The van der Waals surface area contributed by atoms with Gasteiger partial charge in [-0.2, -0.15) is 0 Å². The van der Waals surface area contributed by atoms with Gasteiger partial charge in [0.2, 0.25) is 0 Å². The summed E-state index contributed by atoms with van der Waals surface area (Å²) in [7, 11) is 0. The first-order valence-electron chi connectivity index (χ1n) is 5.65. The lowest BCUT2D eigenvalue weighted by Gasteiger charge is -2.08. The van der Waals surface area contributed by atoms with Crippen molar-refractivity contribution in [2.24, 2.45) is 0 Å². The highest BCUT2D eigenvalue weighted by Crippen LogP contribution is 2.21. The van der Waals surface area contributed by atoms with Crippen LogP contribution in [0.3, 0.4) is 0 Å². The van der Waals surface area contributed by atoms with Gasteiger partial charge < -0.3 is 25.8 Å². The maximum atomic E-state index is 11.6. The zero-order valence-electron chi connectivity index (χ0n) is 10.3. The second kappa shape index (κ2) is 5.74. The average Bonchev–Trinajstić information content (AvgIpc) is 2.89. The molecule has 0 saturated heterocycles. The molecule has 20 heavy (non-hydrogen) atoms. The van der Waals surface area contributed by atoms with E-state index >= 15 is 0 Å². The third-order valence-electron chi connectivity index (χ3n) is 2.46. The second-order valence-electron chi connectivity index (χ2n) is 3.88. The number of amides is 2. The van der Waals surface area contributed by atoms with Crippen molar-refractivity contribution >= 4 is 17.7 Å². The molecule has 0 aliphatic rings. The molecule has 0 atom stereocenters. The van der Waals surface area contributed by atoms with E-state index in [1.165, 1.54) is 12.1 Å². The molecule has 8 nitrogen and oxygen atoms in total. The Morgan fingerprint density at radius 3 is 2.75 bits per heavy atom. The van der Waals surface area contributed by atoms with Gasteiger partial charge in [0.25, 0.3) is 0 Å². The number of aromatic amines is 1. The third-order valence-corrected chi connectivity index (χ3v) is 2.46. The van der Waals surface area contributed by atoms with Crippen molar-refractivity contribution in [1.82, 2.24) is 15.3 Å². The number of benzene rings is 1. The van der Waals surface area contributed by atoms with Gasteiger partial charge in [0.05, 0.1) is 6.54 Å². The molecule has 0 radical (unpaired) electrons. The standard InChI is InChI=1S/C12H12N4O4/c17-9-5-7(1-2-8(9)11(18)19)16-12(20)15-6-10-13-3-4-14-10/h1-5,17H,6H2,(H,13,14)(H,18,19)(H2,15,16,20). The van der Waals surface area contributed by atoms with E-state index in [1.54, 1.807) is 12.4 Å². The molecule has 0 spiro atoms. The van der Waals surface area contributed by atoms with E-state index < -0.39 is 17.7 Å². The number of hydrogen-bond acceptors (Lipinski definition) is 4. The number of imidazole rings is 1. The Kier molecular flexibility index (Phi) is 3.85. The molecule has 0 unspecified atom stereocenters. The SMILES string of the molecule is O=C(NCc1ncc[nH]1)Nc1ccc(C(=O)O)c(O)c1. The van der Waals surface area contributed by atoms with Crippen LogP contribution in [0.2, 0.25) is 0 Å². The summed E-state index contributed by atoms with van der Waals surface area (Å²) < 4.78 is 0. The van der Waals surface area contributed by atoms with Gasteiger partial charge in [-0.15, -0.1) is 0 Å². The predicted molar refractivity (Wildman–Crippen MR) is 69.5 cm³/mol. The predicted octanol–water partition coefficient (Wildman–Crippen LogP) is 1.14. The fourth-order valence-corrected chi connectivity index (χ4v) is 1.52. The number of aromatic nitrogens is 2. The van der Waals surface area contributed by atoms with Crippen molar-refractivity contribution in [3.63, 3.8) is 0 Å². The largest absolute Gasteiger partial charge is 0.507 e.